The number of thioether (sulfide) groups is 1. The molecule has 1 amide bonds. The molecule has 1 saturated heterocycles. The molecule has 1 heterocycles. The van der Waals surface area contributed by atoms with Crippen molar-refractivity contribution in [3.8, 4) is 0 Å². The van der Waals surface area contributed by atoms with Crippen LogP contribution in [0.3, 0.4) is 0 Å². The molecule has 0 radical (unpaired) electrons. The van der Waals surface area contributed by atoms with Crippen molar-refractivity contribution < 1.29 is 4.79 Å². The van der Waals surface area contributed by atoms with E-state index >= 15 is 0 Å². The van der Waals surface area contributed by atoms with Crippen molar-refractivity contribution in [2.75, 3.05) is 11.1 Å². The van der Waals surface area contributed by atoms with Crippen molar-refractivity contribution in [2.45, 2.75) is 24.8 Å². The number of anilines is 1. The molecule has 4 heteroatoms. The smallest absolute Gasteiger partial charge is 0.242 e. The normalized spacial score (nSPS) is 21.0. The minimum atomic E-state index is -0.131. The van der Waals surface area contributed by atoms with E-state index < -0.39 is 0 Å². The number of fused-ring (bicyclic) bond motifs is 1. The Morgan fingerprint density at radius 2 is 2.00 bits per heavy atom. The van der Waals surface area contributed by atoms with Crippen molar-refractivity contribution in [3.63, 3.8) is 0 Å². The third kappa shape index (κ3) is 2.67. The Bertz CT molecular complexity index is 648. The van der Waals surface area contributed by atoms with E-state index in [-0.39, 0.29) is 16.8 Å². The monoisotopic (exact) mass is 286 g/mol. The maximum atomic E-state index is 12.4. The number of carbonyl (C=O) groups is 1. The summed E-state index contributed by atoms with van der Waals surface area (Å²) in [6, 6.07) is 13.9. The van der Waals surface area contributed by atoms with Gasteiger partial charge in [0.25, 0.3) is 0 Å². The molecule has 1 fully saturated rings. The molecule has 0 unspecified atom stereocenters. The predicted octanol–water partition coefficient (Wildman–Crippen LogP) is 3.22. The second-order valence-electron chi connectivity index (χ2n) is 5.53. The van der Waals surface area contributed by atoms with Crippen LogP contribution < -0.4 is 10.6 Å². The third-order valence-corrected chi connectivity index (χ3v) is 4.84. The van der Waals surface area contributed by atoms with E-state index in [0.29, 0.717) is 0 Å². The molecule has 3 rings (SSSR count). The standard InChI is InChI=1S/C16H18N2OS/c1-16(2)18-14(10-20-16)15(19)17-13-9-5-7-11-6-3-4-8-12(11)13/h3-9,14,18H,10H2,1-2H3,(H,17,19)/t14-/m0/s1. The highest BCUT2D eigenvalue weighted by Crippen LogP contribution is 2.30. The van der Waals surface area contributed by atoms with E-state index in [4.69, 9.17) is 0 Å². The van der Waals surface area contributed by atoms with Crippen LogP contribution in [-0.4, -0.2) is 22.6 Å². The van der Waals surface area contributed by atoms with Crippen molar-refractivity contribution in [2.24, 2.45) is 0 Å². The number of hydrogen-bond donors (Lipinski definition) is 2. The van der Waals surface area contributed by atoms with Gasteiger partial charge < -0.3 is 5.32 Å². The molecule has 0 aliphatic carbocycles. The van der Waals surface area contributed by atoms with Crippen LogP contribution in [0.2, 0.25) is 0 Å². The molecule has 1 aliphatic rings. The summed E-state index contributed by atoms with van der Waals surface area (Å²) in [6.45, 7) is 4.20. The third-order valence-electron chi connectivity index (χ3n) is 3.50. The zero-order valence-electron chi connectivity index (χ0n) is 11.6. The van der Waals surface area contributed by atoms with Crippen molar-refractivity contribution in [1.82, 2.24) is 5.32 Å². The van der Waals surface area contributed by atoms with Gasteiger partial charge in [-0.2, -0.15) is 0 Å². The van der Waals surface area contributed by atoms with Gasteiger partial charge >= 0.3 is 0 Å². The summed E-state index contributed by atoms with van der Waals surface area (Å²) in [5.74, 6) is 0.850. The summed E-state index contributed by atoms with van der Waals surface area (Å²) in [4.78, 5) is 12.3. The first-order valence-electron chi connectivity index (χ1n) is 6.75. The van der Waals surface area contributed by atoms with Crippen LogP contribution in [0.15, 0.2) is 42.5 Å². The molecule has 2 aromatic rings. The SMILES string of the molecule is CC1(C)N[C@H](C(=O)Nc2cccc3ccccc23)CS1. The second kappa shape index (κ2) is 5.11. The lowest BCUT2D eigenvalue weighted by Gasteiger charge is -2.18. The van der Waals surface area contributed by atoms with Crippen LogP contribution in [0, 0.1) is 0 Å². The topological polar surface area (TPSA) is 41.1 Å². The van der Waals surface area contributed by atoms with Crippen LogP contribution in [0.5, 0.6) is 0 Å². The molecule has 2 N–H and O–H groups in total. The van der Waals surface area contributed by atoms with Gasteiger partial charge in [0.05, 0.1) is 10.9 Å². The first-order valence-corrected chi connectivity index (χ1v) is 7.74. The number of nitrogens with one attached hydrogen (secondary N) is 2. The van der Waals surface area contributed by atoms with E-state index in [1.807, 2.05) is 30.3 Å². The fourth-order valence-electron chi connectivity index (χ4n) is 2.49. The highest BCUT2D eigenvalue weighted by atomic mass is 32.2. The molecule has 0 aromatic heterocycles. The molecular formula is C16H18N2OS. The lowest BCUT2D eigenvalue weighted by molar-refractivity contribution is -0.117. The van der Waals surface area contributed by atoms with Crippen LogP contribution in [0.4, 0.5) is 5.69 Å². The van der Waals surface area contributed by atoms with Gasteiger partial charge in [0.1, 0.15) is 0 Å². The summed E-state index contributed by atoms with van der Waals surface area (Å²) in [6.07, 6.45) is 0. The Morgan fingerprint density at radius 1 is 1.25 bits per heavy atom. The van der Waals surface area contributed by atoms with Crippen LogP contribution in [0.1, 0.15) is 13.8 Å². The van der Waals surface area contributed by atoms with Gasteiger partial charge in [-0.15, -0.1) is 11.8 Å². The van der Waals surface area contributed by atoms with Crippen molar-refractivity contribution in [1.29, 1.82) is 0 Å². The van der Waals surface area contributed by atoms with E-state index in [2.05, 4.69) is 36.6 Å². The maximum absolute atomic E-state index is 12.4. The quantitative estimate of drug-likeness (QED) is 0.890. The zero-order chi connectivity index (χ0) is 14.2. The highest BCUT2D eigenvalue weighted by molar-refractivity contribution is 8.00. The van der Waals surface area contributed by atoms with Crippen LogP contribution in [0.25, 0.3) is 10.8 Å². The molecular weight excluding hydrogens is 268 g/mol. The molecule has 3 nitrogen and oxygen atoms in total. The first-order chi connectivity index (χ1) is 9.55. The van der Waals surface area contributed by atoms with E-state index in [9.17, 15) is 4.79 Å². The van der Waals surface area contributed by atoms with Gasteiger partial charge in [-0.1, -0.05) is 36.4 Å². The fraction of sp³-hybridized carbons (Fsp3) is 0.312. The zero-order valence-corrected chi connectivity index (χ0v) is 12.5. The average Bonchev–Trinajstić information content (AvgIpc) is 2.80. The molecule has 2 aromatic carbocycles. The van der Waals surface area contributed by atoms with Gasteiger partial charge in [-0.3, -0.25) is 10.1 Å². The van der Waals surface area contributed by atoms with Gasteiger partial charge in [-0.25, -0.2) is 0 Å². The lowest BCUT2D eigenvalue weighted by Crippen LogP contribution is -2.44. The van der Waals surface area contributed by atoms with Crippen LogP contribution in [-0.2, 0) is 4.79 Å². The molecule has 104 valence electrons. The second-order valence-corrected chi connectivity index (χ2v) is 7.18. The predicted molar refractivity (Wildman–Crippen MR) is 86.0 cm³/mol. The van der Waals surface area contributed by atoms with Gasteiger partial charge in [-0.05, 0) is 25.3 Å². The van der Waals surface area contributed by atoms with Gasteiger partial charge in [0, 0.05) is 16.8 Å². The van der Waals surface area contributed by atoms with Crippen molar-refractivity contribution >= 4 is 34.1 Å². The van der Waals surface area contributed by atoms with Gasteiger partial charge in [0.2, 0.25) is 5.91 Å². The maximum Gasteiger partial charge on any atom is 0.242 e. The summed E-state index contributed by atoms with van der Waals surface area (Å²) in [5, 5.41) is 8.61. The highest BCUT2D eigenvalue weighted by Gasteiger charge is 2.34. The number of carbonyl (C=O) groups excluding carboxylic acids is 1. The number of benzene rings is 2. The van der Waals surface area contributed by atoms with E-state index in [1.54, 1.807) is 11.8 Å². The number of amides is 1. The number of rotatable bonds is 2. The molecule has 0 saturated carbocycles. The summed E-state index contributed by atoms with van der Waals surface area (Å²) in [5.41, 5.74) is 0.879. The van der Waals surface area contributed by atoms with E-state index in [1.165, 1.54) is 0 Å². The molecule has 0 spiro atoms. The number of hydrogen-bond acceptors (Lipinski definition) is 3. The molecule has 1 atom stereocenters. The fourth-order valence-corrected chi connectivity index (χ4v) is 3.53. The summed E-state index contributed by atoms with van der Waals surface area (Å²) < 4.78 is 0. The molecule has 0 bridgehead atoms. The van der Waals surface area contributed by atoms with Gasteiger partial charge in [0.15, 0.2) is 0 Å². The lowest BCUT2D eigenvalue weighted by atomic mass is 10.1. The Labute approximate surface area is 123 Å². The van der Waals surface area contributed by atoms with Crippen LogP contribution >= 0.6 is 11.8 Å². The average molecular weight is 286 g/mol. The Hall–Kier alpha value is -1.52. The summed E-state index contributed by atoms with van der Waals surface area (Å²) >= 11 is 1.78. The minimum Gasteiger partial charge on any atom is -0.324 e. The minimum absolute atomic E-state index is 0.0270. The largest absolute Gasteiger partial charge is 0.324 e. The van der Waals surface area contributed by atoms with Crippen molar-refractivity contribution in [3.05, 3.63) is 42.5 Å². The summed E-state index contributed by atoms with van der Waals surface area (Å²) in [7, 11) is 0. The molecule has 20 heavy (non-hydrogen) atoms. The van der Waals surface area contributed by atoms with E-state index in [0.717, 1.165) is 22.2 Å². The Balaban J connectivity index is 1.82. The Kier molecular flexibility index (Phi) is 3.44. The Morgan fingerprint density at radius 3 is 2.75 bits per heavy atom. The molecule has 1 aliphatic heterocycles. The first kappa shape index (κ1) is 13.5.